The minimum atomic E-state index is 1.05. The van der Waals surface area contributed by atoms with Crippen LogP contribution in [-0.4, -0.2) is 29.1 Å². The molecule has 0 N–H and O–H groups in total. The van der Waals surface area contributed by atoms with Gasteiger partial charge in [-0.1, -0.05) is 44.2 Å². The average molecular weight is 280 g/mol. The largest absolute Gasteiger partial charge is 0.339 e. The number of aromatic nitrogens is 1. The summed E-state index contributed by atoms with van der Waals surface area (Å²) < 4.78 is 2.48. The summed E-state index contributed by atoms with van der Waals surface area (Å²) in [6, 6.07) is 15.4. The molecule has 0 aliphatic carbocycles. The molecule has 0 fully saturated rings. The summed E-state index contributed by atoms with van der Waals surface area (Å²) in [7, 11) is 0. The molecule has 0 aliphatic heterocycles. The van der Waals surface area contributed by atoms with Crippen molar-refractivity contribution in [2.75, 3.05) is 19.6 Å². The molecule has 3 rings (SSSR count). The van der Waals surface area contributed by atoms with Crippen molar-refractivity contribution < 1.29 is 0 Å². The van der Waals surface area contributed by atoms with Gasteiger partial charge in [0, 0.05) is 34.9 Å². The third-order valence-corrected chi connectivity index (χ3v) is 4.54. The topological polar surface area (TPSA) is 8.17 Å². The van der Waals surface area contributed by atoms with Gasteiger partial charge in [0.2, 0.25) is 0 Å². The van der Waals surface area contributed by atoms with Crippen molar-refractivity contribution in [2.24, 2.45) is 0 Å². The van der Waals surface area contributed by atoms with Gasteiger partial charge in [0.25, 0.3) is 0 Å². The highest BCUT2D eigenvalue weighted by molar-refractivity contribution is 6.09. The van der Waals surface area contributed by atoms with E-state index in [2.05, 4.69) is 72.7 Å². The van der Waals surface area contributed by atoms with Crippen molar-refractivity contribution in [3.63, 3.8) is 0 Å². The van der Waals surface area contributed by atoms with Crippen molar-refractivity contribution in [3.05, 3.63) is 48.0 Å². The Hall–Kier alpha value is -1.80. The van der Waals surface area contributed by atoms with Crippen LogP contribution in [0.4, 0.5) is 0 Å². The molecule has 21 heavy (non-hydrogen) atoms. The third kappa shape index (κ3) is 2.44. The van der Waals surface area contributed by atoms with E-state index < -0.39 is 0 Å². The van der Waals surface area contributed by atoms with Crippen molar-refractivity contribution in [3.8, 4) is 0 Å². The number of likely N-dealkylation sites (N-methyl/N-ethyl adjacent to an activating group) is 1. The van der Waals surface area contributed by atoms with Gasteiger partial charge < -0.3 is 9.47 Å². The van der Waals surface area contributed by atoms with Crippen molar-refractivity contribution in [1.29, 1.82) is 0 Å². The van der Waals surface area contributed by atoms with Crippen LogP contribution in [0.5, 0.6) is 0 Å². The molecule has 2 aromatic carbocycles. The molecule has 0 radical (unpaired) electrons. The predicted octanol–water partition coefficient (Wildman–Crippen LogP) is 4.44. The maximum Gasteiger partial charge on any atom is 0.0494 e. The fraction of sp³-hybridized carbons (Fsp3) is 0.368. The zero-order valence-corrected chi connectivity index (χ0v) is 13.3. The minimum absolute atomic E-state index is 1.05. The highest BCUT2D eigenvalue weighted by atomic mass is 15.1. The van der Waals surface area contributed by atoms with Crippen LogP contribution < -0.4 is 0 Å². The van der Waals surface area contributed by atoms with Crippen LogP contribution in [-0.2, 0) is 6.54 Å². The molecule has 0 saturated carbocycles. The van der Waals surface area contributed by atoms with Gasteiger partial charge in [-0.15, -0.1) is 0 Å². The van der Waals surface area contributed by atoms with Crippen molar-refractivity contribution in [1.82, 2.24) is 9.47 Å². The summed E-state index contributed by atoms with van der Waals surface area (Å²) in [5, 5.41) is 2.79. The highest BCUT2D eigenvalue weighted by Gasteiger charge is 2.12. The molecule has 0 atom stereocenters. The Morgan fingerprint density at radius 3 is 2.38 bits per heavy atom. The Balaban J connectivity index is 2.13. The first kappa shape index (κ1) is 14.2. The van der Waals surface area contributed by atoms with Crippen LogP contribution in [0.2, 0.25) is 0 Å². The van der Waals surface area contributed by atoms with Crippen LogP contribution in [0.3, 0.4) is 0 Å². The lowest BCUT2D eigenvalue weighted by atomic mass is 10.1. The number of benzene rings is 2. The van der Waals surface area contributed by atoms with Gasteiger partial charge in [0.15, 0.2) is 0 Å². The number of hydrogen-bond donors (Lipinski definition) is 0. The summed E-state index contributed by atoms with van der Waals surface area (Å²) in [5.74, 6) is 0. The maximum absolute atomic E-state index is 2.48. The van der Waals surface area contributed by atoms with Gasteiger partial charge in [-0.3, -0.25) is 0 Å². The van der Waals surface area contributed by atoms with E-state index in [0.29, 0.717) is 0 Å². The van der Waals surface area contributed by atoms with Crippen LogP contribution in [0.15, 0.2) is 42.5 Å². The number of nitrogens with zero attached hydrogens (tertiary/aromatic N) is 2. The van der Waals surface area contributed by atoms with E-state index in [1.54, 1.807) is 0 Å². The van der Waals surface area contributed by atoms with Gasteiger partial charge >= 0.3 is 0 Å². The third-order valence-electron chi connectivity index (χ3n) is 4.54. The maximum atomic E-state index is 2.48. The Morgan fingerprint density at radius 2 is 1.62 bits per heavy atom. The van der Waals surface area contributed by atoms with Gasteiger partial charge in [-0.2, -0.15) is 0 Å². The molecule has 0 amide bonds. The summed E-state index contributed by atoms with van der Waals surface area (Å²) in [5.41, 5.74) is 4.09. The van der Waals surface area contributed by atoms with E-state index in [1.165, 1.54) is 27.4 Å². The smallest absolute Gasteiger partial charge is 0.0494 e. The van der Waals surface area contributed by atoms with Crippen LogP contribution in [0.1, 0.15) is 19.4 Å². The molecule has 0 unspecified atom stereocenters. The molecule has 0 spiro atoms. The van der Waals surface area contributed by atoms with Gasteiger partial charge in [0.05, 0.1) is 0 Å². The second-order valence-electron chi connectivity index (χ2n) is 5.66. The van der Waals surface area contributed by atoms with E-state index in [9.17, 15) is 0 Å². The van der Waals surface area contributed by atoms with E-state index in [4.69, 9.17) is 0 Å². The van der Waals surface area contributed by atoms with Crippen molar-refractivity contribution >= 4 is 21.8 Å². The highest BCUT2D eigenvalue weighted by Crippen LogP contribution is 2.31. The first-order chi connectivity index (χ1) is 10.3. The summed E-state index contributed by atoms with van der Waals surface area (Å²) in [6.07, 6.45) is 0. The summed E-state index contributed by atoms with van der Waals surface area (Å²) in [6.45, 7) is 11.1. The monoisotopic (exact) mass is 280 g/mol. The SMILES string of the molecule is CCN(CC)CCn1c2ccccc2c2c(C)cccc21. The molecule has 0 saturated heterocycles. The van der Waals surface area contributed by atoms with E-state index >= 15 is 0 Å². The molecule has 2 nitrogen and oxygen atoms in total. The van der Waals surface area contributed by atoms with Gasteiger partial charge in [-0.25, -0.2) is 0 Å². The molecular weight excluding hydrogens is 256 g/mol. The molecule has 2 heteroatoms. The second kappa shape index (κ2) is 5.90. The van der Waals surface area contributed by atoms with E-state index in [-0.39, 0.29) is 0 Å². The van der Waals surface area contributed by atoms with Crippen LogP contribution in [0, 0.1) is 6.92 Å². The lowest BCUT2D eigenvalue weighted by Crippen LogP contribution is -2.26. The standard InChI is InChI=1S/C19H24N2/c1-4-20(5-2)13-14-21-17-11-7-6-10-16(17)19-15(3)9-8-12-18(19)21/h6-12H,4-5,13-14H2,1-3H3. The molecule has 0 bridgehead atoms. The Labute approximate surface area is 127 Å². The first-order valence-electron chi connectivity index (χ1n) is 7.95. The Kier molecular flexibility index (Phi) is 3.98. The molecular formula is C19H24N2. The average Bonchev–Trinajstić information content (AvgIpc) is 2.84. The fourth-order valence-corrected chi connectivity index (χ4v) is 3.30. The van der Waals surface area contributed by atoms with Crippen LogP contribution >= 0.6 is 0 Å². The molecule has 1 aromatic heterocycles. The number of para-hydroxylation sites is 1. The second-order valence-corrected chi connectivity index (χ2v) is 5.66. The predicted molar refractivity (Wildman–Crippen MR) is 92.0 cm³/mol. The minimum Gasteiger partial charge on any atom is -0.339 e. The fourth-order valence-electron chi connectivity index (χ4n) is 3.30. The lowest BCUT2D eigenvalue weighted by molar-refractivity contribution is 0.293. The molecule has 3 aromatic rings. The first-order valence-corrected chi connectivity index (χ1v) is 7.95. The Morgan fingerprint density at radius 1 is 0.905 bits per heavy atom. The lowest BCUT2D eigenvalue weighted by Gasteiger charge is -2.19. The van der Waals surface area contributed by atoms with Crippen molar-refractivity contribution in [2.45, 2.75) is 27.3 Å². The van der Waals surface area contributed by atoms with E-state index in [1.807, 2.05) is 0 Å². The number of hydrogen-bond acceptors (Lipinski definition) is 1. The summed E-state index contributed by atoms with van der Waals surface area (Å²) in [4.78, 5) is 2.48. The molecule has 0 aliphatic rings. The van der Waals surface area contributed by atoms with Gasteiger partial charge in [-0.05, 0) is 37.7 Å². The number of rotatable bonds is 5. The summed E-state index contributed by atoms with van der Waals surface area (Å²) >= 11 is 0. The number of aryl methyl sites for hydroxylation is 1. The molecule has 110 valence electrons. The molecule has 1 heterocycles. The normalized spacial score (nSPS) is 11.8. The van der Waals surface area contributed by atoms with E-state index in [0.717, 1.165) is 26.2 Å². The number of fused-ring (bicyclic) bond motifs is 3. The zero-order valence-electron chi connectivity index (χ0n) is 13.3. The van der Waals surface area contributed by atoms with Gasteiger partial charge in [0.1, 0.15) is 0 Å². The zero-order chi connectivity index (χ0) is 14.8. The quantitative estimate of drug-likeness (QED) is 0.670. The van der Waals surface area contributed by atoms with Crippen LogP contribution in [0.25, 0.3) is 21.8 Å². The Bertz CT molecular complexity index is 751.